The lowest BCUT2D eigenvalue weighted by molar-refractivity contribution is 0.0920. The minimum Gasteiger partial charge on any atom is -0.445 e. The first kappa shape index (κ1) is 16.1. The standard InChI is InChI=1S/C19H20BrNO2/c1-14-16(9-5-10-17(14)20)18-11-6-12-21(18)19(22)23-13-15-7-3-2-4-8-15/h2-5,7-10,18H,6,11-13H2,1H3. The second-order valence-corrected chi connectivity index (χ2v) is 6.70. The van der Waals surface area contributed by atoms with E-state index < -0.39 is 0 Å². The third kappa shape index (κ3) is 3.58. The molecule has 23 heavy (non-hydrogen) atoms. The quantitative estimate of drug-likeness (QED) is 0.736. The highest BCUT2D eigenvalue weighted by atomic mass is 79.9. The van der Waals surface area contributed by atoms with Crippen LogP contribution in [0.25, 0.3) is 0 Å². The second kappa shape index (κ2) is 7.18. The Morgan fingerprint density at radius 2 is 2.00 bits per heavy atom. The lowest BCUT2D eigenvalue weighted by atomic mass is 9.99. The maximum atomic E-state index is 12.5. The van der Waals surface area contributed by atoms with E-state index in [0.717, 1.165) is 29.4 Å². The fourth-order valence-electron chi connectivity index (χ4n) is 3.10. The summed E-state index contributed by atoms with van der Waals surface area (Å²) in [5, 5.41) is 0. The Labute approximate surface area is 145 Å². The molecule has 1 aliphatic rings. The van der Waals surface area contributed by atoms with Crippen LogP contribution >= 0.6 is 15.9 Å². The van der Waals surface area contributed by atoms with Crippen LogP contribution in [0, 0.1) is 6.92 Å². The maximum absolute atomic E-state index is 12.5. The van der Waals surface area contributed by atoms with Crippen molar-refractivity contribution in [1.29, 1.82) is 0 Å². The summed E-state index contributed by atoms with van der Waals surface area (Å²) in [5.41, 5.74) is 3.41. The molecule has 1 amide bonds. The molecule has 0 bridgehead atoms. The number of hydrogen-bond acceptors (Lipinski definition) is 2. The lowest BCUT2D eigenvalue weighted by Crippen LogP contribution is -2.31. The van der Waals surface area contributed by atoms with Crippen molar-refractivity contribution >= 4 is 22.0 Å². The molecule has 3 rings (SSSR count). The third-order valence-electron chi connectivity index (χ3n) is 4.36. The number of carbonyl (C=O) groups is 1. The fraction of sp³-hybridized carbons (Fsp3) is 0.316. The van der Waals surface area contributed by atoms with Gasteiger partial charge in [0, 0.05) is 11.0 Å². The van der Waals surface area contributed by atoms with Crippen molar-refractivity contribution in [2.24, 2.45) is 0 Å². The Kier molecular flexibility index (Phi) is 5.01. The van der Waals surface area contributed by atoms with Crippen molar-refractivity contribution in [1.82, 2.24) is 4.90 Å². The van der Waals surface area contributed by atoms with Crippen LogP contribution in [0.15, 0.2) is 53.0 Å². The highest BCUT2D eigenvalue weighted by molar-refractivity contribution is 9.10. The molecule has 0 aromatic heterocycles. The average Bonchev–Trinajstić information content (AvgIpc) is 3.05. The van der Waals surface area contributed by atoms with Crippen LogP contribution in [-0.4, -0.2) is 17.5 Å². The molecule has 2 aromatic carbocycles. The summed E-state index contributed by atoms with van der Waals surface area (Å²) in [7, 11) is 0. The summed E-state index contributed by atoms with van der Waals surface area (Å²) < 4.78 is 6.59. The highest BCUT2D eigenvalue weighted by Crippen LogP contribution is 2.36. The van der Waals surface area contributed by atoms with E-state index in [1.807, 2.05) is 47.4 Å². The molecule has 0 radical (unpaired) electrons. The Bertz CT molecular complexity index is 687. The van der Waals surface area contributed by atoms with E-state index in [2.05, 4.69) is 28.9 Å². The number of likely N-dealkylation sites (tertiary alicyclic amines) is 1. The molecule has 2 aromatic rings. The lowest BCUT2D eigenvalue weighted by Gasteiger charge is -2.26. The molecule has 0 N–H and O–H groups in total. The van der Waals surface area contributed by atoms with Gasteiger partial charge in [-0.1, -0.05) is 58.4 Å². The van der Waals surface area contributed by atoms with Gasteiger partial charge in [0.2, 0.25) is 0 Å². The van der Waals surface area contributed by atoms with Gasteiger partial charge in [-0.05, 0) is 42.5 Å². The van der Waals surface area contributed by atoms with Gasteiger partial charge >= 0.3 is 6.09 Å². The molecule has 0 saturated carbocycles. The minimum atomic E-state index is -0.226. The van der Waals surface area contributed by atoms with Crippen LogP contribution in [-0.2, 0) is 11.3 Å². The van der Waals surface area contributed by atoms with E-state index >= 15 is 0 Å². The Morgan fingerprint density at radius 1 is 1.22 bits per heavy atom. The summed E-state index contributed by atoms with van der Waals surface area (Å²) in [4.78, 5) is 14.3. The smallest absolute Gasteiger partial charge is 0.410 e. The van der Waals surface area contributed by atoms with Crippen molar-refractivity contribution in [3.63, 3.8) is 0 Å². The molecule has 0 spiro atoms. The molecule has 1 saturated heterocycles. The summed E-state index contributed by atoms with van der Waals surface area (Å²) in [6.45, 7) is 3.16. The van der Waals surface area contributed by atoms with Crippen molar-refractivity contribution < 1.29 is 9.53 Å². The van der Waals surface area contributed by atoms with E-state index in [-0.39, 0.29) is 12.1 Å². The first-order valence-corrected chi connectivity index (χ1v) is 8.68. The Balaban J connectivity index is 1.71. The zero-order chi connectivity index (χ0) is 16.2. The maximum Gasteiger partial charge on any atom is 0.410 e. The molecule has 1 heterocycles. The zero-order valence-electron chi connectivity index (χ0n) is 13.2. The van der Waals surface area contributed by atoms with Crippen molar-refractivity contribution in [3.8, 4) is 0 Å². The molecule has 1 aliphatic heterocycles. The molecule has 1 unspecified atom stereocenters. The van der Waals surface area contributed by atoms with E-state index in [4.69, 9.17) is 4.74 Å². The molecule has 120 valence electrons. The molecular formula is C19H20BrNO2. The molecule has 1 atom stereocenters. The van der Waals surface area contributed by atoms with Crippen LogP contribution in [0.2, 0.25) is 0 Å². The third-order valence-corrected chi connectivity index (χ3v) is 5.22. The van der Waals surface area contributed by atoms with Gasteiger partial charge in [-0.2, -0.15) is 0 Å². The van der Waals surface area contributed by atoms with Crippen LogP contribution in [0.1, 0.15) is 35.6 Å². The van der Waals surface area contributed by atoms with Gasteiger partial charge in [-0.3, -0.25) is 0 Å². The van der Waals surface area contributed by atoms with Crippen LogP contribution in [0.5, 0.6) is 0 Å². The average molecular weight is 374 g/mol. The molecule has 4 heteroatoms. The summed E-state index contributed by atoms with van der Waals surface area (Å²) >= 11 is 3.58. The van der Waals surface area contributed by atoms with E-state index in [1.165, 1.54) is 11.1 Å². The van der Waals surface area contributed by atoms with Gasteiger partial charge in [0.05, 0.1) is 6.04 Å². The predicted octanol–water partition coefficient (Wildman–Crippen LogP) is 5.23. The minimum absolute atomic E-state index is 0.107. The number of nitrogens with zero attached hydrogens (tertiary/aromatic N) is 1. The number of rotatable bonds is 3. The van der Waals surface area contributed by atoms with Crippen molar-refractivity contribution in [3.05, 3.63) is 69.7 Å². The summed E-state index contributed by atoms with van der Waals surface area (Å²) in [6, 6.07) is 16.1. The van der Waals surface area contributed by atoms with Gasteiger partial charge in [0.1, 0.15) is 6.61 Å². The molecule has 1 fully saturated rings. The Morgan fingerprint density at radius 3 is 2.78 bits per heavy atom. The number of benzene rings is 2. The highest BCUT2D eigenvalue weighted by Gasteiger charge is 2.32. The first-order chi connectivity index (χ1) is 11.2. The van der Waals surface area contributed by atoms with Crippen molar-refractivity contribution in [2.45, 2.75) is 32.4 Å². The van der Waals surface area contributed by atoms with E-state index in [0.29, 0.717) is 6.61 Å². The fourth-order valence-corrected chi connectivity index (χ4v) is 3.48. The monoisotopic (exact) mass is 373 g/mol. The Hall–Kier alpha value is -1.81. The molecule has 0 aliphatic carbocycles. The van der Waals surface area contributed by atoms with Gasteiger partial charge < -0.3 is 9.64 Å². The summed E-state index contributed by atoms with van der Waals surface area (Å²) in [6.07, 6.45) is 1.77. The number of ether oxygens (including phenoxy) is 1. The second-order valence-electron chi connectivity index (χ2n) is 5.85. The number of amides is 1. The largest absolute Gasteiger partial charge is 0.445 e. The van der Waals surface area contributed by atoms with Crippen LogP contribution < -0.4 is 0 Å². The van der Waals surface area contributed by atoms with Gasteiger partial charge in [0.25, 0.3) is 0 Å². The van der Waals surface area contributed by atoms with Crippen molar-refractivity contribution in [2.75, 3.05) is 6.54 Å². The van der Waals surface area contributed by atoms with Gasteiger partial charge in [-0.25, -0.2) is 4.79 Å². The van der Waals surface area contributed by atoms with Crippen LogP contribution in [0.3, 0.4) is 0 Å². The summed E-state index contributed by atoms with van der Waals surface area (Å²) in [5.74, 6) is 0. The van der Waals surface area contributed by atoms with E-state index in [9.17, 15) is 4.79 Å². The molecular weight excluding hydrogens is 354 g/mol. The van der Waals surface area contributed by atoms with E-state index in [1.54, 1.807) is 0 Å². The number of carbonyl (C=O) groups excluding carboxylic acids is 1. The van der Waals surface area contributed by atoms with Crippen LogP contribution in [0.4, 0.5) is 4.79 Å². The normalized spacial score (nSPS) is 17.3. The van der Waals surface area contributed by atoms with Gasteiger partial charge in [-0.15, -0.1) is 0 Å². The number of halogens is 1. The first-order valence-electron chi connectivity index (χ1n) is 7.89. The zero-order valence-corrected chi connectivity index (χ0v) is 14.8. The topological polar surface area (TPSA) is 29.5 Å². The SMILES string of the molecule is Cc1c(Br)cccc1C1CCCN1C(=O)OCc1ccccc1. The predicted molar refractivity (Wildman–Crippen MR) is 94.2 cm³/mol. The van der Waals surface area contributed by atoms with Gasteiger partial charge in [0.15, 0.2) is 0 Å². The molecule has 3 nitrogen and oxygen atoms in total. The number of hydrogen-bond donors (Lipinski definition) is 0.